The van der Waals surface area contributed by atoms with Crippen LogP contribution in [0.4, 0.5) is 0 Å². The zero-order chi connectivity index (χ0) is 9.97. The molecule has 1 aromatic rings. The number of rotatable bonds is 1. The first kappa shape index (κ1) is 9.66. The molecule has 2 atom stereocenters. The fraction of sp³-hybridized carbons (Fsp3) is 0.583. The fourth-order valence-corrected chi connectivity index (χ4v) is 1.97. The van der Waals surface area contributed by atoms with Crippen LogP contribution in [0.3, 0.4) is 0 Å². The van der Waals surface area contributed by atoms with Gasteiger partial charge in [-0.05, 0) is 43.9 Å². The Morgan fingerprint density at radius 2 is 2.21 bits per heavy atom. The first-order valence-corrected chi connectivity index (χ1v) is 5.41. The van der Waals surface area contributed by atoms with Gasteiger partial charge in [-0.1, -0.05) is 13.0 Å². The SMILES string of the molecule is Cc1ccc([C@H]2CC[C@H](C)CN2)cn1. The number of hydrogen-bond acceptors (Lipinski definition) is 2. The van der Waals surface area contributed by atoms with Crippen molar-refractivity contribution in [3.05, 3.63) is 29.6 Å². The van der Waals surface area contributed by atoms with E-state index in [0.29, 0.717) is 6.04 Å². The summed E-state index contributed by atoms with van der Waals surface area (Å²) >= 11 is 0. The molecule has 1 saturated heterocycles. The highest BCUT2D eigenvalue weighted by Crippen LogP contribution is 2.24. The summed E-state index contributed by atoms with van der Waals surface area (Å²) in [7, 11) is 0. The molecule has 1 N–H and O–H groups in total. The van der Waals surface area contributed by atoms with Crippen molar-refractivity contribution >= 4 is 0 Å². The Morgan fingerprint density at radius 1 is 1.36 bits per heavy atom. The Balaban J connectivity index is 2.05. The molecule has 0 radical (unpaired) electrons. The summed E-state index contributed by atoms with van der Waals surface area (Å²) in [6.45, 7) is 5.47. The van der Waals surface area contributed by atoms with Crippen LogP contribution in [-0.2, 0) is 0 Å². The van der Waals surface area contributed by atoms with Crippen LogP contribution in [0.1, 0.15) is 37.1 Å². The maximum Gasteiger partial charge on any atom is 0.0372 e. The van der Waals surface area contributed by atoms with Gasteiger partial charge in [0.25, 0.3) is 0 Å². The lowest BCUT2D eigenvalue weighted by atomic mass is 9.93. The molecule has 0 aromatic carbocycles. The maximum atomic E-state index is 4.33. The molecule has 2 heteroatoms. The van der Waals surface area contributed by atoms with E-state index in [0.717, 1.165) is 18.2 Å². The molecule has 0 spiro atoms. The second kappa shape index (κ2) is 4.09. The van der Waals surface area contributed by atoms with Gasteiger partial charge < -0.3 is 5.32 Å². The van der Waals surface area contributed by atoms with Crippen LogP contribution >= 0.6 is 0 Å². The summed E-state index contributed by atoms with van der Waals surface area (Å²) in [6.07, 6.45) is 4.57. The number of pyridine rings is 1. The van der Waals surface area contributed by atoms with E-state index < -0.39 is 0 Å². The fourth-order valence-electron chi connectivity index (χ4n) is 1.97. The van der Waals surface area contributed by atoms with E-state index in [-0.39, 0.29) is 0 Å². The summed E-state index contributed by atoms with van der Waals surface area (Å²) < 4.78 is 0. The standard InChI is InChI=1S/C12H18N2/c1-9-3-6-12(14-7-9)11-5-4-10(2)13-8-11/h4-5,8-9,12,14H,3,6-7H2,1-2H3/t9-,12+/m0/s1. The third-order valence-corrected chi connectivity index (χ3v) is 3.00. The largest absolute Gasteiger partial charge is 0.310 e. The Labute approximate surface area is 85.7 Å². The van der Waals surface area contributed by atoms with E-state index >= 15 is 0 Å². The molecule has 1 aliphatic heterocycles. The van der Waals surface area contributed by atoms with Gasteiger partial charge in [0.15, 0.2) is 0 Å². The van der Waals surface area contributed by atoms with Gasteiger partial charge in [-0.25, -0.2) is 0 Å². The molecule has 76 valence electrons. The van der Waals surface area contributed by atoms with Gasteiger partial charge in [0.1, 0.15) is 0 Å². The second-order valence-electron chi connectivity index (χ2n) is 4.38. The van der Waals surface area contributed by atoms with Crippen molar-refractivity contribution in [2.45, 2.75) is 32.7 Å². The summed E-state index contributed by atoms with van der Waals surface area (Å²) in [5.74, 6) is 0.824. The number of piperidine rings is 1. The molecule has 2 rings (SSSR count). The van der Waals surface area contributed by atoms with E-state index in [9.17, 15) is 0 Å². The van der Waals surface area contributed by atoms with E-state index in [4.69, 9.17) is 0 Å². The van der Waals surface area contributed by atoms with Gasteiger partial charge in [-0.15, -0.1) is 0 Å². The van der Waals surface area contributed by atoms with Gasteiger partial charge in [0.05, 0.1) is 0 Å². The first-order chi connectivity index (χ1) is 6.75. The van der Waals surface area contributed by atoms with Crippen LogP contribution in [0.5, 0.6) is 0 Å². The predicted octanol–water partition coefficient (Wildman–Crippen LogP) is 2.45. The number of nitrogens with one attached hydrogen (secondary N) is 1. The summed E-state index contributed by atoms with van der Waals surface area (Å²) in [4.78, 5) is 4.33. The molecule has 2 heterocycles. The van der Waals surface area contributed by atoms with E-state index in [2.05, 4.69) is 29.4 Å². The van der Waals surface area contributed by atoms with E-state index in [1.807, 2.05) is 13.1 Å². The highest BCUT2D eigenvalue weighted by Gasteiger charge is 2.18. The van der Waals surface area contributed by atoms with Crippen molar-refractivity contribution in [1.29, 1.82) is 0 Å². The number of nitrogens with zero attached hydrogens (tertiary/aromatic N) is 1. The van der Waals surface area contributed by atoms with Crippen LogP contribution in [-0.4, -0.2) is 11.5 Å². The van der Waals surface area contributed by atoms with Crippen LogP contribution in [0.2, 0.25) is 0 Å². The Bertz CT molecular complexity index is 284. The van der Waals surface area contributed by atoms with Gasteiger partial charge in [0, 0.05) is 17.9 Å². The third kappa shape index (κ3) is 2.13. The van der Waals surface area contributed by atoms with Crippen molar-refractivity contribution in [1.82, 2.24) is 10.3 Å². The molecule has 1 aliphatic rings. The van der Waals surface area contributed by atoms with Gasteiger partial charge >= 0.3 is 0 Å². The molecule has 0 bridgehead atoms. The Kier molecular flexibility index (Phi) is 2.82. The predicted molar refractivity (Wildman–Crippen MR) is 58.1 cm³/mol. The Hall–Kier alpha value is -0.890. The van der Waals surface area contributed by atoms with Crippen molar-refractivity contribution in [2.75, 3.05) is 6.54 Å². The second-order valence-corrected chi connectivity index (χ2v) is 4.38. The molecule has 0 amide bonds. The lowest BCUT2D eigenvalue weighted by molar-refractivity contribution is 0.332. The minimum Gasteiger partial charge on any atom is -0.310 e. The molecule has 2 nitrogen and oxygen atoms in total. The molecule has 0 unspecified atom stereocenters. The zero-order valence-electron chi connectivity index (χ0n) is 8.96. The average Bonchev–Trinajstić information content (AvgIpc) is 2.21. The number of hydrogen-bond donors (Lipinski definition) is 1. The van der Waals surface area contributed by atoms with Gasteiger partial charge in [-0.3, -0.25) is 4.98 Å². The van der Waals surface area contributed by atoms with E-state index in [1.54, 1.807) is 0 Å². The van der Waals surface area contributed by atoms with Crippen LogP contribution in [0.25, 0.3) is 0 Å². The zero-order valence-corrected chi connectivity index (χ0v) is 8.96. The quantitative estimate of drug-likeness (QED) is 0.735. The minimum absolute atomic E-state index is 0.527. The van der Waals surface area contributed by atoms with Crippen molar-refractivity contribution in [2.24, 2.45) is 5.92 Å². The molecule has 0 saturated carbocycles. The average molecular weight is 190 g/mol. The molecular formula is C12H18N2. The Morgan fingerprint density at radius 3 is 2.79 bits per heavy atom. The van der Waals surface area contributed by atoms with Crippen molar-refractivity contribution in [3.8, 4) is 0 Å². The monoisotopic (exact) mass is 190 g/mol. The lowest BCUT2D eigenvalue weighted by Crippen LogP contribution is -2.31. The van der Waals surface area contributed by atoms with Crippen LogP contribution in [0, 0.1) is 12.8 Å². The topological polar surface area (TPSA) is 24.9 Å². The van der Waals surface area contributed by atoms with Crippen LogP contribution in [0.15, 0.2) is 18.3 Å². The number of aromatic nitrogens is 1. The van der Waals surface area contributed by atoms with Gasteiger partial charge in [-0.2, -0.15) is 0 Å². The molecule has 0 aliphatic carbocycles. The normalized spacial score (nSPS) is 27.6. The first-order valence-electron chi connectivity index (χ1n) is 5.41. The third-order valence-electron chi connectivity index (χ3n) is 3.00. The van der Waals surface area contributed by atoms with Crippen LogP contribution < -0.4 is 5.32 Å². The minimum atomic E-state index is 0.527. The number of aryl methyl sites for hydroxylation is 1. The van der Waals surface area contributed by atoms with Crippen molar-refractivity contribution in [3.63, 3.8) is 0 Å². The summed E-state index contributed by atoms with van der Waals surface area (Å²) in [5.41, 5.74) is 2.43. The van der Waals surface area contributed by atoms with Crippen molar-refractivity contribution < 1.29 is 0 Å². The molecule has 1 fully saturated rings. The highest BCUT2D eigenvalue weighted by molar-refractivity contribution is 5.17. The van der Waals surface area contributed by atoms with Gasteiger partial charge in [0.2, 0.25) is 0 Å². The smallest absolute Gasteiger partial charge is 0.0372 e. The molecule has 1 aromatic heterocycles. The maximum absolute atomic E-state index is 4.33. The lowest BCUT2D eigenvalue weighted by Gasteiger charge is -2.27. The molecular weight excluding hydrogens is 172 g/mol. The van der Waals surface area contributed by atoms with E-state index in [1.165, 1.54) is 18.4 Å². The highest BCUT2D eigenvalue weighted by atomic mass is 14.9. The molecule has 14 heavy (non-hydrogen) atoms. The summed E-state index contributed by atoms with van der Waals surface area (Å²) in [5, 5.41) is 3.56. The summed E-state index contributed by atoms with van der Waals surface area (Å²) in [6, 6.07) is 4.81.